The van der Waals surface area contributed by atoms with E-state index >= 15 is 0 Å². The van der Waals surface area contributed by atoms with E-state index in [9.17, 15) is 4.79 Å². The van der Waals surface area contributed by atoms with E-state index in [2.05, 4.69) is 5.32 Å². The van der Waals surface area contributed by atoms with Crippen LogP contribution in [0.5, 0.6) is 0 Å². The number of nitrogens with one attached hydrogen (secondary N) is 1. The van der Waals surface area contributed by atoms with Crippen molar-refractivity contribution >= 4 is 17.7 Å². The van der Waals surface area contributed by atoms with Crippen molar-refractivity contribution in [3.05, 3.63) is 0 Å². The van der Waals surface area contributed by atoms with E-state index in [1.54, 1.807) is 18.8 Å². The molecule has 0 fully saturated rings. The fourth-order valence-corrected chi connectivity index (χ4v) is 0.935. The first-order chi connectivity index (χ1) is 4.31. The summed E-state index contributed by atoms with van der Waals surface area (Å²) in [6.45, 7) is 0. The Kier molecular flexibility index (Phi) is 5.83. The molecule has 2 nitrogen and oxygen atoms in total. The Hall–Kier alpha value is -0.180. The molecule has 0 aromatic carbocycles. The first kappa shape index (κ1) is 8.82. The van der Waals surface area contributed by atoms with E-state index in [0.717, 1.165) is 12.2 Å². The second kappa shape index (κ2) is 5.95. The first-order valence-electron chi connectivity index (χ1n) is 3.00. The fraction of sp³-hybridized carbons (Fsp3) is 0.833. The quantitative estimate of drug-likeness (QED) is 0.598. The number of rotatable bonds is 4. The van der Waals surface area contributed by atoms with E-state index in [4.69, 9.17) is 0 Å². The van der Waals surface area contributed by atoms with Gasteiger partial charge in [-0.25, -0.2) is 0 Å². The van der Waals surface area contributed by atoms with Crippen molar-refractivity contribution < 1.29 is 4.79 Å². The average Bonchev–Trinajstić information content (AvgIpc) is 1.89. The molecule has 0 aromatic heterocycles. The van der Waals surface area contributed by atoms with Crippen LogP contribution in [0.1, 0.15) is 12.8 Å². The Bertz CT molecular complexity index is 85.1. The van der Waals surface area contributed by atoms with Gasteiger partial charge < -0.3 is 5.32 Å². The SMILES string of the molecule is CNC(=O)CCCSC. The normalized spacial score (nSPS) is 9.11. The molecule has 0 aliphatic carbocycles. The highest BCUT2D eigenvalue weighted by atomic mass is 32.2. The van der Waals surface area contributed by atoms with E-state index in [0.29, 0.717) is 6.42 Å². The van der Waals surface area contributed by atoms with Gasteiger partial charge in [-0.3, -0.25) is 4.79 Å². The molecule has 0 heterocycles. The van der Waals surface area contributed by atoms with Crippen LogP contribution in [0.2, 0.25) is 0 Å². The first-order valence-corrected chi connectivity index (χ1v) is 4.40. The van der Waals surface area contributed by atoms with Crippen LogP contribution in [0, 0.1) is 0 Å². The molecule has 0 aliphatic rings. The zero-order valence-corrected chi connectivity index (χ0v) is 6.75. The fourth-order valence-electron chi connectivity index (χ4n) is 0.502. The van der Waals surface area contributed by atoms with Gasteiger partial charge in [0.25, 0.3) is 0 Å². The van der Waals surface area contributed by atoms with Crippen LogP contribution in [0.25, 0.3) is 0 Å². The predicted molar refractivity (Wildman–Crippen MR) is 41.7 cm³/mol. The minimum atomic E-state index is 0.143. The summed E-state index contributed by atoms with van der Waals surface area (Å²) in [6.07, 6.45) is 3.70. The minimum absolute atomic E-state index is 0.143. The monoisotopic (exact) mass is 147 g/mol. The van der Waals surface area contributed by atoms with Crippen LogP contribution in [0.3, 0.4) is 0 Å². The molecule has 54 valence electrons. The van der Waals surface area contributed by atoms with Gasteiger partial charge in [0.05, 0.1) is 0 Å². The number of carbonyl (C=O) groups is 1. The van der Waals surface area contributed by atoms with E-state index in [1.807, 2.05) is 6.26 Å². The van der Waals surface area contributed by atoms with Crippen LogP contribution < -0.4 is 5.32 Å². The third kappa shape index (κ3) is 5.69. The van der Waals surface area contributed by atoms with Crippen molar-refractivity contribution in [2.24, 2.45) is 0 Å². The zero-order chi connectivity index (χ0) is 7.11. The third-order valence-electron chi connectivity index (χ3n) is 1.03. The second-order valence-corrected chi connectivity index (χ2v) is 2.76. The molecule has 1 amide bonds. The molecule has 0 saturated heterocycles. The Balaban J connectivity index is 2.97. The number of hydrogen-bond donors (Lipinski definition) is 1. The lowest BCUT2D eigenvalue weighted by molar-refractivity contribution is -0.120. The summed E-state index contributed by atoms with van der Waals surface area (Å²) < 4.78 is 0. The van der Waals surface area contributed by atoms with Crippen molar-refractivity contribution in [2.45, 2.75) is 12.8 Å². The van der Waals surface area contributed by atoms with E-state index < -0.39 is 0 Å². The average molecular weight is 147 g/mol. The Morgan fingerprint density at radius 2 is 2.33 bits per heavy atom. The molecule has 0 spiro atoms. The number of amides is 1. The molecular weight excluding hydrogens is 134 g/mol. The smallest absolute Gasteiger partial charge is 0.219 e. The summed E-state index contributed by atoms with van der Waals surface area (Å²) in [5, 5.41) is 2.58. The topological polar surface area (TPSA) is 29.1 Å². The molecular formula is C6H13NOS. The van der Waals surface area contributed by atoms with Crippen molar-refractivity contribution in [1.29, 1.82) is 0 Å². The molecule has 9 heavy (non-hydrogen) atoms. The maximum Gasteiger partial charge on any atom is 0.219 e. The highest BCUT2D eigenvalue weighted by Crippen LogP contribution is 1.97. The summed E-state index contributed by atoms with van der Waals surface area (Å²) in [5.41, 5.74) is 0. The largest absolute Gasteiger partial charge is 0.359 e. The van der Waals surface area contributed by atoms with Gasteiger partial charge in [-0.1, -0.05) is 0 Å². The number of thioether (sulfide) groups is 1. The highest BCUT2D eigenvalue weighted by Gasteiger charge is 1.94. The van der Waals surface area contributed by atoms with Crippen LogP contribution in [-0.4, -0.2) is 25.0 Å². The maximum atomic E-state index is 10.6. The maximum absolute atomic E-state index is 10.6. The van der Waals surface area contributed by atoms with Crippen LogP contribution in [0.4, 0.5) is 0 Å². The van der Waals surface area contributed by atoms with Crippen molar-refractivity contribution in [3.63, 3.8) is 0 Å². The number of hydrogen-bond acceptors (Lipinski definition) is 2. The van der Waals surface area contributed by atoms with Gasteiger partial charge in [0.1, 0.15) is 0 Å². The summed E-state index contributed by atoms with van der Waals surface area (Å²) in [6, 6.07) is 0. The molecule has 0 unspecified atom stereocenters. The lowest BCUT2D eigenvalue weighted by Gasteiger charge is -1.96. The third-order valence-corrected chi connectivity index (χ3v) is 1.73. The van der Waals surface area contributed by atoms with Crippen LogP contribution >= 0.6 is 11.8 Å². The van der Waals surface area contributed by atoms with Gasteiger partial charge in [0.15, 0.2) is 0 Å². The highest BCUT2D eigenvalue weighted by molar-refractivity contribution is 7.98. The van der Waals surface area contributed by atoms with Gasteiger partial charge in [-0.15, -0.1) is 0 Å². The Labute approximate surface area is 60.4 Å². The van der Waals surface area contributed by atoms with Crippen LogP contribution in [0.15, 0.2) is 0 Å². The molecule has 1 N–H and O–H groups in total. The Morgan fingerprint density at radius 3 is 2.78 bits per heavy atom. The van der Waals surface area contributed by atoms with Crippen molar-refractivity contribution in [1.82, 2.24) is 5.32 Å². The lowest BCUT2D eigenvalue weighted by Crippen LogP contribution is -2.17. The van der Waals surface area contributed by atoms with Crippen molar-refractivity contribution in [3.8, 4) is 0 Å². The summed E-state index contributed by atoms with van der Waals surface area (Å²) in [7, 11) is 1.67. The molecule has 0 aromatic rings. The standard InChI is InChI=1S/C6H13NOS/c1-7-6(8)4-3-5-9-2/h3-5H2,1-2H3,(H,7,8). The second-order valence-electron chi connectivity index (χ2n) is 1.77. The predicted octanol–water partition coefficient (Wildman–Crippen LogP) is 0.876. The summed E-state index contributed by atoms with van der Waals surface area (Å²) in [4.78, 5) is 10.6. The molecule has 3 heteroatoms. The summed E-state index contributed by atoms with van der Waals surface area (Å²) >= 11 is 1.77. The molecule has 0 atom stereocenters. The molecule has 0 rings (SSSR count). The molecule has 0 aliphatic heterocycles. The van der Waals surface area contributed by atoms with Gasteiger partial charge in [0.2, 0.25) is 5.91 Å². The summed E-state index contributed by atoms with van der Waals surface area (Å²) in [5.74, 6) is 1.22. The van der Waals surface area contributed by atoms with E-state index in [-0.39, 0.29) is 5.91 Å². The van der Waals surface area contributed by atoms with Gasteiger partial charge in [-0.05, 0) is 18.4 Å². The van der Waals surface area contributed by atoms with Gasteiger partial charge >= 0.3 is 0 Å². The molecule has 0 saturated carbocycles. The molecule has 0 radical (unpaired) electrons. The zero-order valence-electron chi connectivity index (χ0n) is 5.94. The van der Waals surface area contributed by atoms with E-state index in [1.165, 1.54) is 0 Å². The Morgan fingerprint density at radius 1 is 1.67 bits per heavy atom. The lowest BCUT2D eigenvalue weighted by atomic mass is 10.3. The van der Waals surface area contributed by atoms with Crippen LogP contribution in [-0.2, 0) is 4.79 Å². The van der Waals surface area contributed by atoms with Gasteiger partial charge in [0, 0.05) is 13.5 Å². The minimum Gasteiger partial charge on any atom is -0.359 e. The van der Waals surface area contributed by atoms with Gasteiger partial charge in [-0.2, -0.15) is 11.8 Å². The van der Waals surface area contributed by atoms with Crippen molar-refractivity contribution in [2.75, 3.05) is 19.1 Å². The number of carbonyl (C=O) groups excluding carboxylic acids is 1. The molecule has 0 bridgehead atoms.